The first kappa shape index (κ1) is 17.7. The number of likely N-dealkylation sites (tertiary alicyclic amines) is 1. The number of rotatable bonds is 6. The number of hydrogen-bond donors (Lipinski definition) is 1. The Kier molecular flexibility index (Phi) is 5.89. The van der Waals surface area contributed by atoms with Gasteiger partial charge in [0.25, 0.3) is 0 Å². The molecule has 1 N–H and O–H groups in total. The van der Waals surface area contributed by atoms with Gasteiger partial charge in [-0.25, -0.2) is 0 Å². The van der Waals surface area contributed by atoms with Crippen molar-refractivity contribution in [3.05, 3.63) is 53.3 Å². The summed E-state index contributed by atoms with van der Waals surface area (Å²) >= 11 is 0. The van der Waals surface area contributed by atoms with Crippen LogP contribution in [0, 0.1) is 6.92 Å². The van der Waals surface area contributed by atoms with E-state index in [9.17, 15) is 5.11 Å². The second kappa shape index (κ2) is 8.32. The zero-order valence-electron chi connectivity index (χ0n) is 14.9. The number of methoxy groups -OCH3 is 1. The molecule has 0 unspecified atom stereocenters. The molecule has 1 aliphatic heterocycles. The molecule has 1 saturated heterocycles. The summed E-state index contributed by atoms with van der Waals surface area (Å²) in [5.74, 6) is 1.15. The minimum Gasteiger partial charge on any atom is -0.506 e. The van der Waals surface area contributed by atoms with Crippen LogP contribution in [0.3, 0.4) is 0 Å². The fraction of sp³-hybridized carbons (Fsp3) is 0.450. The molecule has 0 amide bonds. The molecule has 2 heterocycles. The third-order valence-corrected chi connectivity index (χ3v) is 4.66. The summed E-state index contributed by atoms with van der Waals surface area (Å²) in [4.78, 5) is 6.77. The van der Waals surface area contributed by atoms with Gasteiger partial charge in [-0.05, 0) is 38.0 Å². The summed E-state index contributed by atoms with van der Waals surface area (Å²) in [7, 11) is 1.69. The lowest BCUT2D eigenvalue weighted by Crippen LogP contribution is -2.36. The third kappa shape index (κ3) is 4.71. The predicted octanol–water partition coefficient (Wildman–Crippen LogP) is 3.29. The molecule has 5 heteroatoms. The van der Waals surface area contributed by atoms with E-state index >= 15 is 0 Å². The normalized spacial score (nSPS) is 16.1. The van der Waals surface area contributed by atoms with Crippen LogP contribution in [-0.4, -0.2) is 41.3 Å². The average Bonchev–Trinajstić information content (AvgIpc) is 2.64. The smallest absolute Gasteiger partial charge is 0.138 e. The Morgan fingerprint density at radius 3 is 2.68 bits per heavy atom. The monoisotopic (exact) mass is 342 g/mol. The predicted molar refractivity (Wildman–Crippen MR) is 96.7 cm³/mol. The van der Waals surface area contributed by atoms with E-state index in [4.69, 9.17) is 9.47 Å². The van der Waals surface area contributed by atoms with E-state index in [1.807, 2.05) is 37.3 Å². The number of aromatic hydroxyl groups is 1. The first-order valence-corrected chi connectivity index (χ1v) is 8.77. The van der Waals surface area contributed by atoms with Gasteiger partial charge in [-0.1, -0.05) is 18.2 Å². The van der Waals surface area contributed by atoms with Gasteiger partial charge in [0, 0.05) is 30.9 Å². The molecular formula is C20H26N2O3. The van der Waals surface area contributed by atoms with E-state index in [0.29, 0.717) is 13.2 Å². The van der Waals surface area contributed by atoms with Crippen LogP contribution < -0.4 is 4.74 Å². The largest absolute Gasteiger partial charge is 0.506 e. The maximum absolute atomic E-state index is 9.95. The molecule has 3 rings (SSSR count). The SMILES string of the molecule is COc1ccccc1COC1CCN(Cc2nc(C)ccc2O)CC1. The van der Waals surface area contributed by atoms with Gasteiger partial charge < -0.3 is 14.6 Å². The van der Waals surface area contributed by atoms with Crippen LogP contribution in [0.4, 0.5) is 0 Å². The van der Waals surface area contributed by atoms with E-state index < -0.39 is 0 Å². The number of pyridine rings is 1. The molecule has 1 aromatic heterocycles. The Morgan fingerprint density at radius 2 is 1.92 bits per heavy atom. The molecule has 0 spiro atoms. The molecule has 1 fully saturated rings. The fourth-order valence-electron chi connectivity index (χ4n) is 3.20. The van der Waals surface area contributed by atoms with Crippen LogP contribution in [0.2, 0.25) is 0 Å². The molecule has 0 bridgehead atoms. The van der Waals surface area contributed by atoms with Crippen LogP contribution in [-0.2, 0) is 17.9 Å². The van der Waals surface area contributed by atoms with Gasteiger partial charge in [0.1, 0.15) is 11.5 Å². The maximum Gasteiger partial charge on any atom is 0.138 e. The zero-order chi connectivity index (χ0) is 17.6. The number of piperidine rings is 1. The van der Waals surface area contributed by atoms with Crippen molar-refractivity contribution in [2.75, 3.05) is 20.2 Å². The van der Waals surface area contributed by atoms with Crippen LogP contribution in [0.15, 0.2) is 36.4 Å². The second-order valence-electron chi connectivity index (χ2n) is 6.52. The minimum absolute atomic E-state index is 0.264. The summed E-state index contributed by atoms with van der Waals surface area (Å²) < 4.78 is 11.5. The first-order valence-electron chi connectivity index (χ1n) is 8.77. The summed E-state index contributed by atoms with van der Waals surface area (Å²) in [5.41, 5.74) is 2.78. The topological polar surface area (TPSA) is 54.8 Å². The fourth-order valence-corrected chi connectivity index (χ4v) is 3.20. The Balaban J connectivity index is 1.48. The van der Waals surface area contributed by atoms with Gasteiger partial charge in [0.15, 0.2) is 0 Å². The lowest BCUT2D eigenvalue weighted by atomic mass is 10.1. The quantitative estimate of drug-likeness (QED) is 0.873. The van der Waals surface area contributed by atoms with Crippen LogP contribution in [0.1, 0.15) is 29.8 Å². The van der Waals surface area contributed by atoms with Gasteiger partial charge >= 0.3 is 0 Å². The number of aryl methyl sites for hydroxylation is 1. The van der Waals surface area contributed by atoms with Crippen molar-refractivity contribution in [2.45, 2.75) is 39.0 Å². The molecule has 2 aromatic rings. The van der Waals surface area contributed by atoms with Gasteiger partial charge in [0.2, 0.25) is 0 Å². The Labute approximate surface area is 149 Å². The van der Waals surface area contributed by atoms with E-state index in [1.54, 1.807) is 13.2 Å². The highest BCUT2D eigenvalue weighted by Crippen LogP contribution is 2.23. The molecule has 0 atom stereocenters. The molecule has 0 saturated carbocycles. The minimum atomic E-state index is 0.264. The molecule has 1 aliphatic rings. The van der Waals surface area contributed by atoms with Gasteiger partial charge in [-0.15, -0.1) is 0 Å². The summed E-state index contributed by atoms with van der Waals surface area (Å²) in [5, 5.41) is 9.95. The summed E-state index contributed by atoms with van der Waals surface area (Å²) in [6.45, 7) is 5.11. The highest BCUT2D eigenvalue weighted by atomic mass is 16.5. The van der Waals surface area contributed by atoms with Gasteiger partial charge in [0.05, 0.1) is 25.5 Å². The maximum atomic E-state index is 9.95. The number of hydrogen-bond acceptors (Lipinski definition) is 5. The molecule has 134 valence electrons. The molecule has 0 radical (unpaired) electrons. The number of nitrogens with zero attached hydrogens (tertiary/aromatic N) is 2. The second-order valence-corrected chi connectivity index (χ2v) is 6.52. The van der Waals surface area contributed by atoms with E-state index in [-0.39, 0.29) is 11.9 Å². The number of ether oxygens (including phenoxy) is 2. The standard InChI is InChI=1S/C20H26N2O3/c1-15-7-8-19(23)18(21-15)13-22-11-9-17(10-12-22)25-14-16-5-3-4-6-20(16)24-2/h3-8,17,23H,9-14H2,1-2H3. The van der Waals surface area contributed by atoms with Crippen molar-refractivity contribution >= 4 is 0 Å². The van der Waals surface area contributed by atoms with Crippen LogP contribution in [0.25, 0.3) is 0 Å². The molecule has 0 aliphatic carbocycles. The van der Waals surface area contributed by atoms with Crippen molar-refractivity contribution in [3.63, 3.8) is 0 Å². The Hall–Kier alpha value is -2.11. The zero-order valence-corrected chi connectivity index (χ0v) is 14.9. The van der Waals surface area contributed by atoms with Crippen molar-refractivity contribution < 1.29 is 14.6 Å². The van der Waals surface area contributed by atoms with E-state index in [2.05, 4.69) is 9.88 Å². The number of para-hydroxylation sites is 1. The van der Waals surface area contributed by atoms with Crippen molar-refractivity contribution in [1.29, 1.82) is 0 Å². The van der Waals surface area contributed by atoms with Crippen molar-refractivity contribution in [3.8, 4) is 11.5 Å². The Bertz CT molecular complexity index is 697. The number of benzene rings is 1. The van der Waals surface area contributed by atoms with E-state index in [0.717, 1.165) is 48.6 Å². The average molecular weight is 342 g/mol. The van der Waals surface area contributed by atoms with Crippen molar-refractivity contribution in [1.82, 2.24) is 9.88 Å². The first-order chi connectivity index (χ1) is 12.2. The highest BCUT2D eigenvalue weighted by Gasteiger charge is 2.21. The van der Waals surface area contributed by atoms with E-state index in [1.165, 1.54) is 0 Å². The van der Waals surface area contributed by atoms with Gasteiger partial charge in [-0.2, -0.15) is 0 Å². The van der Waals surface area contributed by atoms with Crippen LogP contribution in [0.5, 0.6) is 11.5 Å². The highest BCUT2D eigenvalue weighted by molar-refractivity contribution is 5.32. The van der Waals surface area contributed by atoms with Crippen LogP contribution >= 0.6 is 0 Å². The molecule has 5 nitrogen and oxygen atoms in total. The molecular weight excluding hydrogens is 316 g/mol. The number of aromatic nitrogens is 1. The summed E-state index contributed by atoms with van der Waals surface area (Å²) in [6, 6.07) is 11.5. The lowest BCUT2D eigenvalue weighted by Gasteiger charge is -2.31. The summed E-state index contributed by atoms with van der Waals surface area (Å²) in [6.07, 6.45) is 2.24. The lowest BCUT2D eigenvalue weighted by molar-refractivity contribution is -0.00487. The Morgan fingerprint density at radius 1 is 1.16 bits per heavy atom. The third-order valence-electron chi connectivity index (χ3n) is 4.66. The molecule has 25 heavy (non-hydrogen) atoms. The van der Waals surface area contributed by atoms with Crippen molar-refractivity contribution in [2.24, 2.45) is 0 Å². The molecule has 1 aromatic carbocycles. The van der Waals surface area contributed by atoms with Gasteiger partial charge in [-0.3, -0.25) is 9.88 Å².